The second-order valence-corrected chi connectivity index (χ2v) is 4.43. The lowest BCUT2D eigenvalue weighted by atomic mass is 10.1. The zero-order valence-corrected chi connectivity index (χ0v) is 12.2. The summed E-state index contributed by atoms with van der Waals surface area (Å²) in [5.74, 6) is 0.0337. The highest BCUT2D eigenvalue weighted by molar-refractivity contribution is 5.85. The predicted molar refractivity (Wildman–Crippen MR) is 75.0 cm³/mol. The van der Waals surface area contributed by atoms with Gasteiger partial charge in [0.2, 0.25) is 5.91 Å². The van der Waals surface area contributed by atoms with Gasteiger partial charge in [0, 0.05) is 25.4 Å². The van der Waals surface area contributed by atoms with E-state index in [-0.39, 0.29) is 36.8 Å². The Hall–Kier alpha value is -0.780. The molecule has 0 aromatic carbocycles. The van der Waals surface area contributed by atoms with Gasteiger partial charge in [-0.2, -0.15) is 5.10 Å². The SMILES string of the molecule is C[C@@H](N)C(=O)N1CCCC1c1cnn(C)c1.Cl.Cl. The highest BCUT2D eigenvalue weighted by atomic mass is 35.5. The van der Waals surface area contributed by atoms with E-state index < -0.39 is 6.04 Å². The second-order valence-electron chi connectivity index (χ2n) is 4.43. The summed E-state index contributed by atoms with van der Waals surface area (Å²) in [7, 11) is 1.89. The van der Waals surface area contributed by atoms with E-state index in [0.717, 1.165) is 24.9 Å². The van der Waals surface area contributed by atoms with Crippen LogP contribution in [0.1, 0.15) is 31.4 Å². The van der Waals surface area contributed by atoms with Crippen LogP contribution < -0.4 is 5.73 Å². The molecule has 1 saturated heterocycles. The van der Waals surface area contributed by atoms with Crippen molar-refractivity contribution in [3.63, 3.8) is 0 Å². The molecule has 0 spiro atoms. The van der Waals surface area contributed by atoms with Gasteiger partial charge in [-0.15, -0.1) is 24.8 Å². The van der Waals surface area contributed by atoms with E-state index in [2.05, 4.69) is 5.10 Å². The van der Waals surface area contributed by atoms with Crippen molar-refractivity contribution in [1.29, 1.82) is 0 Å². The maximum Gasteiger partial charge on any atom is 0.239 e. The Bertz CT molecular complexity index is 394. The molecule has 2 rings (SSSR count). The fourth-order valence-corrected chi connectivity index (χ4v) is 2.25. The van der Waals surface area contributed by atoms with Gasteiger partial charge in [-0.1, -0.05) is 0 Å². The highest BCUT2D eigenvalue weighted by Crippen LogP contribution is 2.31. The largest absolute Gasteiger partial charge is 0.334 e. The van der Waals surface area contributed by atoms with Crippen LogP contribution in [-0.4, -0.2) is 33.2 Å². The van der Waals surface area contributed by atoms with Gasteiger partial charge in [0.15, 0.2) is 0 Å². The first kappa shape index (κ1) is 17.2. The molecule has 0 aliphatic carbocycles. The number of aromatic nitrogens is 2. The van der Waals surface area contributed by atoms with Crippen LogP contribution in [0.3, 0.4) is 0 Å². The van der Waals surface area contributed by atoms with Crippen LogP contribution in [0.2, 0.25) is 0 Å². The van der Waals surface area contributed by atoms with Crippen molar-refractivity contribution in [2.75, 3.05) is 6.54 Å². The van der Waals surface area contributed by atoms with Crippen molar-refractivity contribution >= 4 is 30.7 Å². The molecule has 1 unspecified atom stereocenters. The molecule has 2 heterocycles. The number of nitrogens with zero attached hydrogens (tertiary/aromatic N) is 3. The van der Waals surface area contributed by atoms with E-state index in [1.54, 1.807) is 11.6 Å². The molecular formula is C11H20Cl2N4O. The topological polar surface area (TPSA) is 64.2 Å². The number of carbonyl (C=O) groups excluding carboxylic acids is 1. The summed E-state index contributed by atoms with van der Waals surface area (Å²) in [5.41, 5.74) is 6.75. The molecular weight excluding hydrogens is 275 g/mol. The number of likely N-dealkylation sites (tertiary alicyclic amines) is 1. The average Bonchev–Trinajstić information content (AvgIpc) is 2.83. The molecule has 1 fully saturated rings. The van der Waals surface area contributed by atoms with Crippen molar-refractivity contribution in [3.8, 4) is 0 Å². The molecule has 2 N–H and O–H groups in total. The Kier molecular flexibility index (Phi) is 6.67. The van der Waals surface area contributed by atoms with E-state index >= 15 is 0 Å². The average molecular weight is 295 g/mol. The molecule has 7 heteroatoms. The Morgan fingerprint density at radius 1 is 1.56 bits per heavy atom. The third kappa shape index (κ3) is 3.37. The third-order valence-electron chi connectivity index (χ3n) is 3.04. The summed E-state index contributed by atoms with van der Waals surface area (Å²) < 4.78 is 1.77. The van der Waals surface area contributed by atoms with Crippen molar-refractivity contribution in [2.45, 2.75) is 31.8 Å². The van der Waals surface area contributed by atoms with Crippen molar-refractivity contribution in [2.24, 2.45) is 12.8 Å². The molecule has 0 radical (unpaired) electrons. The fourth-order valence-electron chi connectivity index (χ4n) is 2.25. The van der Waals surface area contributed by atoms with Gasteiger partial charge in [-0.25, -0.2) is 0 Å². The summed E-state index contributed by atoms with van der Waals surface area (Å²) in [5, 5.41) is 4.15. The van der Waals surface area contributed by atoms with E-state index in [9.17, 15) is 4.79 Å². The zero-order valence-electron chi connectivity index (χ0n) is 10.6. The van der Waals surface area contributed by atoms with E-state index in [4.69, 9.17) is 5.73 Å². The monoisotopic (exact) mass is 294 g/mol. The van der Waals surface area contributed by atoms with Gasteiger partial charge >= 0.3 is 0 Å². The maximum atomic E-state index is 11.9. The molecule has 2 atom stereocenters. The summed E-state index contributed by atoms with van der Waals surface area (Å²) in [4.78, 5) is 13.8. The molecule has 0 saturated carbocycles. The van der Waals surface area contributed by atoms with E-state index in [1.165, 1.54) is 0 Å². The van der Waals surface area contributed by atoms with Crippen LogP contribution in [0.5, 0.6) is 0 Å². The quantitative estimate of drug-likeness (QED) is 0.893. The number of hydrogen-bond donors (Lipinski definition) is 1. The number of carbonyl (C=O) groups is 1. The number of rotatable bonds is 2. The summed E-state index contributed by atoms with van der Waals surface area (Å²) >= 11 is 0. The third-order valence-corrected chi connectivity index (χ3v) is 3.04. The molecule has 1 aromatic rings. The van der Waals surface area contributed by atoms with Gasteiger partial charge in [-0.05, 0) is 19.8 Å². The maximum absolute atomic E-state index is 11.9. The lowest BCUT2D eigenvalue weighted by Crippen LogP contribution is -2.41. The standard InChI is InChI=1S/C11H18N4O.2ClH/c1-8(12)11(16)15-5-3-4-10(15)9-6-13-14(2)7-9;;/h6-8,10H,3-5,12H2,1-2H3;2*1H/t8-,10?;;/m1../s1. The van der Waals surface area contributed by atoms with Crippen LogP contribution >= 0.6 is 24.8 Å². The van der Waals surface area contributed by atoms with Gasteiger partial charge in [-0.3, -0.25) is 9.48 Å². The zero-order chi connectivity index (χ0) is 11.7. The molecule has 0 bridgehead atoms. The Morgan fingerprint density at radius 3 is 2.72 bits per heavy atom. The van der Waals surface area contributed by atoms with Gasteiger partial charge < -0.3 is 10.6 Å². The fraction of sp³-hybridized carbons (Fsp3) is 0.636. The minimum atomic E-state index is -0.419. The summed E-state index contributed by atoms with van der Waals surface area (Å²) in [6.45, 7) is 2.54. The summed E-state index contributed by atoms with van der Waals surface area (Å²) in [6, 6.07) is -0.260. The lowest BCUT2D eigenvalue weighted by molar-refractivity contribution is -0.133. The number of amides is 1. The number of halogens is 2. The number of aryl methyl sites for hydroxylation is 1. The lowest BCUT2D eigenvalue weighted by Gasteiger charge is -2.25. The van der Waals surface area contributed by atoms with E-state index in [0.29, 0.717) is 0 Å². The smallest absolute Gasteiger partial charge is 0.239 e. The second kappa shape index (κ2) is 6.97. The molecule has 1 amide bonds. The van der Waals surface area contributed by atoms with Gasteiger partial charge in [0.05, 0.1) is 18.3 Å². The number of nitrogens with two attached hydrogens (primary N) is 1. The van der Waals surface area contributed by atoms with Crippen LogP contribution in [0.25, 0.3) is 0 Å². The van der Waals surface area contributed by atoms with Gasteiger partial charge in [0.1, 0.15) is 0 Å². The molecule has 18 heavy (non-hydrogen) atoms. The van der Waals surface area contributed by atoms with Crippen molar-refractivity contribution < 1.29 is 4.79 Å². The molecule has 1 aliphatic rings. The van der Waals surface area contributed by atoms with Crippen molar-refractivity contribution in [1.82, 2.24) is 14.7 Å². The number of hydrogen-bond acceptors (Lipinski definition) is 3. The van der Waals surface area contributed by atoms with Crippen molar-refractivity contribution in [3.05, 3.63) is 18.0 Å². The Morgan fingerprint density at radius 2 is 2.22 bits per heavy atom. The highest BCUT2D eigenvalue weighted by Gasteiger charge is 2.31. The summed E-state index contributed by atoms with van der Waals surface area (Å²) in [6.07, 6.45) is 5.84. The first-order valence-electron chi connectivity index (χ1n) is 5.64. The minimum Gasteiger partial charge on any atom is -0.334 e. The first-order chi connectivity index (χ1) is 7.59. The van der Waals surface area contributed by atoms with Crippen LogP contribution in [-0.2, 0) is 11.8 Å². The first-order valence-corrected chi connectivity index (χ1v) is 5.64. The van der Waals surface area contributed by atoms with Gasteiger partial charge in [0.25, 0.3) is 0 Å². The molecule has 1 aromatic heterocycles. The van der Waals surface area contributed by atoms with E-state index in [1.807, 2.05) is 24.3 Å². The van der Waals surface area contributed by atoms with Crippen LogP contribution in [0, 0.1) is 0 Å². The Balaban J connectivity index is 0.00000144. The molecule has 1 aliphatic heterocycles. The Labute approximate surface area is 120 Å². The van der Waals surface area contributed by atoms with Crippen LogP contribution in [0.4, 0.5) is 0 Å². The van der Waals surface area contributed by atoms with Crippen LogP contribution in [0.15, 0.2) is 12.4 Å². The normalized spacial score (nSPS) is 19.9. The predicted octanol–water partition coefficient (Wildman–Crippen LogP) is 1.27. The molecule has 104 valence electrons. The molecule has 5 nitrogen and oxygen atoms in total. The minimum absolute atomic E-state index is 0.